The third-order valence-corrected chi connectivity index (χ3v) is 2.83. The zero-order valence-corrected chi connectivity index (χ0v) is 11.6. The minimum absolute atomic E-state index is 0.0525. The molecule has 0 spiro atoms. The summed E-state index contributed by atoms with van der Waals surface area (Å²) in [5.41, 5.74) is 2.36. The number of carbonyl (C=O) groups is 1. The van der Waals surface area contributed by atoms with Gasteiger partial charge in [-0.3, -0.25) is 4.79 Å². The Morgan fingerprint density at radius 3 is 2.53 bits per heavy atom. The van der Waals surface area contributed by atoms with Gasteiger partial charge in [0.25, 0.3) is 5.91 Å². The average molecular weight is 257 g/mol. The second-order valence-electron chi connectivity index (χ2n) is 4.76. The zero-order valence-electron chi connectivity index (χ0n) is 11.6. The molecule has 4 heteroatoms. The lowest BCUT2D eigenvalue weighted by Crippen LogP contribution is -2.22. The number of amides is 1. The summed E-state index contributed by atoms with van der Waals surface area (Å²) in [6.07, 6.45) is 3.63. The van der Waals surface area contributed by atoms with Crippen molar-refractivity contribution in [3.8, 4) is 0 Å². The SMILES string of the molecule is CCCC1=NN(c2ccccc2)C(=O)C1=CN(C)C. The van der Waals surface area contributed by atoms with E-state index in [2.05, 4.69) is 12.0 Å². The first-order valence-corrected chi connectivity index (χ1v) is 6.49. The lowest BCUT2D eigenvalue weighted by Gasteiger charge is -2.11. The Morgan fingerprint density at radius 2 is 1.95 bits per heavy atom. The molecule has 0 fully saturated rings. The lowest BCUT2D eigenvalue weighted by atomic mass is 10.1. The average Bonchev–Trinajstić information content (AvgIpc) is 2.69. The maximum absolute atomic E-state index is 12.4. The van der Waals surface area contributed by atoms with Gasteiger partial charge in [-0.1, -0.05) is 31.5 Å². The second kappa shape index (κ2) is 5.69. The highest BCUT2D eigenvalue weighted by Gasteiger charge is 2.30. The van der Waals surface area contributed by atoms with Crippen molar-refractivity contribution in [2.45, 2.75) is 19.8 Å². The van der Waals surface area contributed by atoms with E-state index in [1.54, 1.807) is 0 Å². The van der Waals surface area contributed by atoms with Crippen LogP contribution < -0.4 is 5.01 Å². The molecule has 0 aliphatic carbocycles. The summed E-state index contributed by atoms with van der Waals surface area (Å²) < 4.78 is 0. The van der Waals surface area contributed by atoms with E-state index in [0.717, 1.165) is 24.2 Å². The molecular formula is C15H19N3O. The molecule has 0 atom stereocenters. The molecule has 2 rings (SSSR count). The molecule has 1 amide bonds. The Kier molecular flexibility index (Phi) is 4.00. The number of hydrogen-bond donors (Lipinski definition) is 0. The number of nitrogens with zero attached hydrogens (tertiary/aromatic N) is 3. The first kappa shape index (κ1) is 13.3. The molecule has 0 unspecified atom stereocenters. The van der Waals surface area contributed by atoms with Gasteiger partial charge in [-0.2, -0.15) is 10.1 Å². The van der Waals surface area contributed by atoms with Crippen molar-refractivity contribution >= 4 is 17.3 Å². The van der Waals surface area contributed by atoms with Gasteiger partial charge in [-0.05, 0) is 18.6 Å². The van der Waals surface area contributed by atoms with Crippen molar-refractivity contribution in [2.24, 2.45) is 5.10 Å². The maximum Gasteiger partial charge on any atom is 0.282 e. The Balaban J connectivity index is 2.36. The van der Waals surface area contributed by atoms with Crippen LogP contribution in [0, 0.1) is 0 Å². The van der Waals surface area contributed by atoms with Crippen molar-refractivity contribution in [1.29, 1.82) is 0 Å². The monoisotopic (exact) mass is 257 g/mol. The highest BCUT2D eigenvalue weighted by atomic mass is 16.2. The van der Waals surface area contributed by atoms with Crippen LogP contribution in [0.15, 0.2) is 47.2 Å². The molecule has 1 heterocycles. The van der Waals surface area contributed by atoms with E-state index in [9.17, 15) is 4.79 Å². The summed E-state index contributed by atoms with van der Waals surface area (Å²) in [6.45, 7) is 2.09. The fourth-order valence-electron chi connectivity index (χ4n) is 2.01. The van der Waals surface area contributed by atoms with Crippen LogP contribution in [0.3, 0.4) is 0 Å². The van der Waals surface area contributed by atoms with Crippen LogP contribution in [-0.2, 0) is 4.79 Å². The summed E-state index contributed by atoms with van der Waals surface area (Å²) in [6, 6.07) is 9.53. The van der Waals surface area contributed by atoms with Gasteiger partial charge in [0.05, 0.1) is 17.0 Å². The number of anilines is 1. The minimum Gasteiger partial charge on any atom is -0.383 e. The van der Waals surface area contributed by atoms with Crippen molar-refractivity contribution < 1.29 is 4.79 Å². The lowest BCUT2D eigenvalue weighted by molar-refractivity contribution is -0.114. The third kappa shape index (κ3) is 2.84. The van der Waals surface area contributed by atoms with Gasteiger partial charge >= 0.3 is 0 Å². The van der Waals surface area contributed by atoms with Gasteiger partial charge in [-0.15, -0.1) is 0 Å². The summed E-state index contributed by atoms with van der Waals surface area (Å²) in [7, 11) is 3.82. The van der Waals surface area contributed by atoms with Crippen LogP contribution in [0.4, 0.5) is 5.69 Å². The molecule has 4 nitrogen and oxygen atoms in total. The molecule has 0 saturated carbocycles. The van der Waals surface area contributed by atoms with E-state index in [-0.39, 0.29) is 5.91 Å². The molecule has 0 radical (unpaired) electrons. The molecular weight excluding hydrogens is 238 g/mol. The number of carbonyl (C=O) groups excluding carboxylic acids is 1. The molecule has 0 aromatic heterocycles. The second-order valence-corrected chi connectivity index (χ2v) is 4.76. The van der Waals surface area contributed by atoms with Gasteiger partial charge in [0.1, 0.15) is 0 Å². The van der Waals surface area contributed by atoms with Crippen molar-refractivity contribution in [3.63, 3.8) is 0 Å². The van der Waals surface area contributed by atoms with Crippen LogP contribution >= 0.6 is 0 Å². The van der Waals surface area contributed by atoms with E-state index < -0.39 is 0 Å². The molecule has 100 valence electrons. The van der Waals surface area contributed by atoms with Gasteiger partial charge in [0.2, 0.25) is 0 Å². The van der Waals surface area contributed by atoms with E-state index in [1.165, 1.54) is 5.01 Å². The van der Waals surface area contributed by atoms with Crippen LogP contribution in [0.1, 0.15) is 19.8 Å². The smallest absolute Gasteiger partial charge is 0.282 e. The third-order valence-electron chi connectivity index (χ3n) is 2.83. The van der Waals surface area contributed by atoms with Gasteiger partial charge < -0.3 is 4.90 Å². The van der Waals surface area contributed by atoms with Crippen LogP contribution in [0.5, 0.6) is 0 Å². The van der Waals surface area contributed by atoms with Crippen LogP contribution in [0.2, 0.25) is 0 Å². The van der Waals surface area contributed by atoms with E-state index in [0.29, 0.717) is 5.57 Å². The molecule has 19 heavy (non-hydrogen) atoms. The molecule has 0 saturated heterocycles. The molecule has 0 N–H and O–H groups in total. The highest BCUT2D eigenvalue weighted by molar-refractivity contribution is 6.30. The van der Waals surface area contributed by atoms with Gasteiger partial charge in [0.15, 0.2) is 0 Å². The quantitative estimate of drug-likeness (QED) is 0.777. The zero-order chi connectivity index (χ0) is 13.8. The number of benzene rings is 1. The normalized spacial score (nSPS) is 17.0. The summed E-state index contributed by atoms with van der Waals surface area (Å²) in [4.78, 5) is 14.3. The largest absolute Gasteiger partial charge is 0.383 e. The molecule has 1 aliphatic rings. The molecule has 1 aliphatic heterocycles. The predicted molar refractivity (Wildman–Crippen MR) is 78.0 cm³/mol. The first-order valence-electron chi connectivity index (χ1n) is 6.49. The standard InChI is InChI=1S/C15H19N3O/c1-4-8-14-13(11-17(2)3)15(19)18(16-14)12-9-6-5-7-10-12/h5-7,9-11H,4,8H2,1-3H3. The Bertz CT molecular complexity index is 517. The van der Waals surface area contributed by atoms with Crippen LogP contribution in [0.25, 0.3) is 0 Å². The van der Waals surface area contributed by atoms with Gasteiger partial charge in [-0.25, -0.2) is 0 Å². The van der Waals surface area contributed by atoms with Crippen molar-refractivity contribution in [3.05, 3.63) is 42.1 Å². The number of hydrogen-bond acceptors (Lipinski definition) is 3. The first-order chi connectivity index (χ1) is 9.13. The van der Waals surface area contributed by atoms with E-state index >= 15 is 0 Å². The van der Waals surface area contributed by atoms with Gasteiger partial charge in [0, 0.05) is 20.3 Å². The van der Waals surface area contributed by atoms with Crippen molar-refractivity contribution in [1.82, 2.24) is 4.90 Å². The number of hydrazone groups is 1. The van der Waals surface area contributed by atoms with Crippen LogP contribution in [-0.4, -0.2) is 30.6 Å². The summed E-state index contributed by atoms with van der Waals surface area (Å²) >= 11 is 0. The molecule has 1 aromatic rings. The van der Waals surface area contributed by atoms with E-state index in [4.69, 9.17) is 0 Å². The summed E-state index contributed by atoms with van der Waals surface area (Å²) in [5.74, 6) is -0.0525. The summed E-state index contributed by atoms with van der Waals surface area (Å²) in [5, 5.41) is 5.96. The number of para-hydroxylation sites is 1. The topological polar surface area (TPSA) is 35.9 Å². The Hall–Kier alpha value is -2.10. The predicted octanol–water partition coefficient (Wildman–Crippen LogP) is 2.63. The Labute approximate surface area is 114 Å². The minimum atomic E-state index is -0.0525. The Morgan fingerprint density at radius 1 is 1.26 bits per heavy atom. The fraction of sp³-hybridized carbons (Fsp3) is 0.333. The van der Waals surface area contributed by atoms with E-state index in [1.807, 2.05) is 55.5 Å². The highest BCUT2D eigenvalue weighted by Crippen LogP contribution is 2.24. The molecule has 0 bridgehead atoms. The van der Waals surface area contributed by atoms with Crippen molar-refractivity contribution in [2.75, 3.05) is 19.1 Å². The molecule has 1 aromatic carbocycles. The maximum atomic E-state index is 12.4. The number of rotatable bonds is 4. The fourth-order valence-corrected chi connectivity index (χ4v) is 2.01.